The molecule has 96 valence electrons. The quantitative estimate of drug-likeness (QED) is 0.912. The molecule has 1 aromatic carbocycles. The number of halogens is 1. The third kappa shape index (κ3) is 2.91. The Morgan fingerprint density at radius 2 is 2.17 bits per heavy atom. The van der Waals surface area contributed by atoms with Gasteiger partial charge in [0.05, 0.1) is 16.7 Å². The Labute approximate surface area is 117 Å². The maximum absolute atomic E-state index is 6.21. The van der Waals surface area contributed by atoms with E-state index in [9.17, 15) is 0 Å². The first kappa shape index (κ1) is 13.5. The van der Waals surface area contributed by atoms with Gasteiger partial charge >= 0.3 is 0 Å². The zero-order chi connectivity index (χ0) is 13.1. The molecule has 0 bridgehead atoms. The summed E-state index contributed by atoms with van der Waals surface area (Å²) in [5, 5.41) is 7.47. The van der Waals surface area contributed by atoms with Crippen LogP contribution in [0.15, 0.2) is 23.6 Å². The number of nitrogens with one attached hydrogen (secondary N) is 1. The Balaban J connectivity index is 2.37. The van der Waals surface area contributed by atoms with E-state index < -0.39 is 0 Å². The second kappa shape index (κ2) is 5.83. The maximum Gasteiger partial charge on any atom is 0.0898 e. The van der Waals surface area contributed by atoms with Crippen LogP contribution in [0.4, 0.5) is 0 Å². The van der Waals surface area contributed by atoms with E-state index in [1.54, 1.807) is 11.3 Å². The van der Waals surface area contributed by atoms with Gasteiger partial charge in [0.25, 0.3) is 0 Å². The minimum absolute atomic E-state index is 0.123. The highest BCUT2D eigenvalue weighted by Gasteiger charge is 2.16. The topological polar surface area (TPSA) is 24.9 Å². The van der Waals surface area contributed by atoms with Crippen molar-refractivity contribution in [2.45, 2.75) is 26.8 Å². The van der Waals surface area contributed by atoms with Gasteiger partial charge in [0.1, 0.15) is 0 Å². The molecule has 0 saturated carbocycles. The molecule has 2 rings (SSSR count). The lowest BCUT2D eigenvalue weighted by atomic mass is 10.0. The molecule has 0 fully saturated rings. The number of thiazole rings is 1. The summed E-state index contributed by atoms with van der Waals surface area (Å²) in [4.78, 5) is 4.57. The molecule has 1 heterocycles. The van der Waals surface area contributed by atoms with Crippen LogP contribution in [0.1, 0.15) is 34.8 Å². The van der Waals surface area contributed by atoms with Gasteiger partial charge in [-0.25, -0.2) is 4.98 Å². The number of hydrogen-bond donors (Lipinski definition) is 1. The predicted octanol–water partition coefficient (Wildman–Crippen LogP) is 4.11. The first-order chi connectivity index (χ1) is 8.61. The fourth-order valence-corrected chi connectivity index (χ4v) is 2.73. The van der Waals surface area contributed by atoms with E-state index in [1.165, 1.54) is 0 Å². The number of benzene rings is 1. The molecule has 1 atom stereocenters. The van der Waals surface area contributed by atoms with Gasteiger partial charge in [-0.1, -0.05) is 30.7 Å². The molecule has 0 aliphatic carbocycles. The van der Waals surface area contributed by atoms with E-state index in [2.05, 4.69) is 34.7 Å². The minimum atomic E-state index is 0.123. The highest BCUT2D eigenvalue weighted by molar-refractivity contribution is 7.09. The number of nitrogens with zero attached hydrogens (tertiary/aromatic N) is 1. The van der Waals surface area contributed by atoms with Crippen molar-refractivity contribution in [1.29, 1.82) is 0 Å². The van der Waals surface area contributed by atoms with Crippen LogP contribution in [0.25, 0.3) is 0 Å². The summed E-state index contributed by atoms with van der Waals surface area (Å²) >= 11 is 7.88. The van der Waals surface area contributed by atoms with Crippen molar-refractivity contribution in [1.82, 2.24) is 10.3 Å². The lowest BCUT2D eigenvalue weighted by Crippen LogP contribution is -2.22. The molecule has 0 aliphatic heterocycles. The molecule has 0 amide bonds. The van der Waals surface area contributed by atoms with Crippen molar-refractivity contribution in [2.24, 2.45) is 0 Å². The van der Waals surface area contributed by atoms with Crippen LogP contribution >= 0.6 is 22.9 Å². The molecule has 0 aliphatic rings. The Morgan fingerprint density at radius 1 is 1.39 bits per heavy atom. The number of rotatable bonds is 4. The average Bonchev–Trinajstić information content (AvgIpc) is 2.76. The SMILES string of the molecule is CCNC(c1ccc(C)c(Cl)c1)c1csc(C)n1. The summed E-state index contributed by atoms with van der Waals surface area (Å²) in [6, 6.07) is 6.32. The van der Waals surface area contributed by atoms with Crippen LogP contribution in [0.2, 0.25) is 5.02 Å². The molecule has 2 nitrogen and oxygen atoms in total. The molecule has 1 aromatic heterocycles. The van der Waals surface area contributed by atoms with Gasteiger partial charge in [-0.15, -0.1) is 11.3 Å². The molecular formula is C14H17ClN2S. The van der Waals surface area contributed by atoms with E-state index in [0.29, 0.717) is 0 Å². The Morgan fingerprint density at radius 3 is 2.72 bits per heavy atom. The predicted molar refractivity (Wildman–Crippen MR) is 78.6 cm³/mol. The molecule has 1 unspecified atom stereocenters. The first-order valence-corrected chi connectivity index (χ1v) is 7.29. The van der Waals surface area contributed by atoms with E-state index in [1.807, 2.05) is 19.9 Å². The van der Waals surface area contributed by atoms with Crippen molar-refractivity contribution in [2.75, 3.05) is 6.54 Å². The average molecular weight is 281 g/mol. The van der Waals surface area contributed by atoms with Crippen LogP contribution in [0.5, 0.6) is 0 Å². The Bertz CT molecular complexity index is 536. The smallest absolute Gasteiger partial charge is 0.0898 e. The van der Waals surface area contributed by atoms with E-state index in [4.69, 9.17) is 11.6 Å². The molecule has 0 radical (unpaired) electrons. The summed E-state index contributed by atoms with van der Waals surface area (Å²) < 4.78 is 0. The highest BCUT2D eigenvalue weighted by atomic mass is 35.5. The maximum atomic E-state index is 6.21. The normalized spacial score (nSPS) is 12.7. The summed E-state index contributed by atoms with van der Waals surface area (Å²) in [6.07, 6.45) is 0. The lowest BCUT2D eigenvalue weighted by Gasteiger charge is -2.17. The van der Waals surface area contributed by atoms with Crippen molar-refractivity contribution in [3.05, 3.63) is 50.4 Å². The fourth-order valence-electron chi connectivity index (χ4n) is 1.90. The molecule has 0 saturated heterocycles. The van der Waals surface area contributed by atoms with Crippen LogP contribution in [0.3, 0.4) is 0 Å². The second-order valence-electron chi connectivity index (χ2n) is 4.29. The van der Waals surface area contributed by atoms with Crippen LogP contribution < -0.4 is 5.32 Å². The Hall–Kier alpha value is -0.900. The van der Waals surface area contributed by atoms with E-state index in [-0.39, 0.29) is 6.04 Å². The third-order valence-electron chi connectivity index (χ3n) is 2.87. The van der Waals surface area contributed by atoms with Gasteiger partial charge in [-0.2, -0.15) is 0 Å². The summed E-state index contributed by atoms with van der Waals surface area (Å²) in [7, 11) is 0. The molecule has 2 aromatic rings. The van der Waals surface area contributed by atoms with Crippen LogP contribution in [-0.4, -0.2) is 11.5 Å². The van der Waals surface area contributed by atoms with Gasteiger partial charge in [-0.3, -0.25) is 0 Å². The molecule has 0 spiro atoms. The van der Waals surface area contributed by atoms with Gasteiger partial charge in [0, 0.05) is 10.4 Å². The van der Waals surface area contributed by atoms with Gasteiger partial charge < -0.3 is 5.32 Å². The van der Waals surface area contributed by atoms with Gasteiger partial charge in [-0.05, 0) is 37.6 Å². The van der Waals surface area contributed by atoms with Crippen molar-refractivity contribution in [3.8, 4) is 0 Å². The standard InChI is InChI=1S/C14H17ClN2S/c1-4-16-14(13-8-18-10(3)17-13)11-6-5-9(2)12(15)7-11/h5-8,14,16H,4H2,1-3H3. The number of aryl methyl sites for hydroxylation is 2. The monoisotopic (exact) mass is 280 g/mol. The van der Waals surface area contributed by atoms with E-state index >= 15 is 0 Å². The second-order valence-corrected chi connectivity index (χ2v) is 5.76. The number of aromatic nitrogens is 1. The summed E-state index contributed by atoms with van der Waals surface area (Å²) in [5.74, 6) is 0. The lowest BCUT2D eigenvalue weighted by molar-refractivity contribution is 0.617. The largest absolute Gasteiger partial charge is 0.305 e. The van der Waals surface area contributed by atoms with Crippen LogP contribution in [0, 0.1) is 13.8 Å². The third-order valence-corrected chi connectivity index (χ3v) is 4.07. The van der Waals surface area contributed by atoms with Crippen LogP contribution in [-0.2, 0) is 0 Å². The van der Waals surface area contributed by atoms with Crippen molar-refractivity contribution in [3.63, 3.8) is 0 Å². The molecular weight excluding hydrogens is 264 g/mol. The molecule has 18 heavy (non-hydrogen) atoms. The number of hydrogen-bond acceptors (Lipinski definition) is 3. The van der Waals surface area contributed by atoms with Crippen molar-refractivity contribution < 1.29 is 0 Å². The Kier molecular flexibility index (Phi) is 4.38. The highest BCUT2D eigenvalue weighted by Crippen LogP contribution is 2.27. The van der Waals surface area contributed by atoms with Gasteiger partial charge in [0.15, 0.2) is 0 Å². The molecule has 4 heteroatoms. The van der Waals surface area contributed by atoms with Gasteiger partial charge in [0.2, 0.25) is 0 Å². The molecule has 1 N–H and O–H groups in total. The zero-order valence-corrected chi connectivity index (χ0v) is 12.4. The first-order valence-electron chi connectivity index (χ1n) is 6.03. The van der Waals surface area contributed by atoms with Crippen molar-refractivity contribution >= 4 is 22.9 Å². The zero-order valence-electron chi connectivity index (χ0n) is 10.8. The fraction of sp³-hybridized carbons (Fsp3) is 0.357. The minimum Gasteiger partial charge on any atom is -0.305 e. The van der Waals surface area contributed by atoms with E-state index in [0.717, 1.165) is 33.4 Å². The summed E-state index contributed by atoms with van der Waals surface area (Å²) in [5.41, 5.74) is 3.34. The summed E-state index contributed by atoms with van der Waals surface area (Å²) in [6.45, 7) is 7.04.